The predicted molar refractivity (Wildman–Crippen MR) is 80.5 cm³/mol. The Kier molecular flexibility index (Phi) is 6.01. The summed E-state index contributed by atoms with van der Waals surface area (Å²) in [6.07, 6.45) is 3.63. The molecule has 2 rings (SSSR count). The number of rotatable bonds is 7. The van der Waals surface area contributed by atoms with E-state index in [4.69, 9.17) is 4.52 Å². The summed E-state index contributed by atoms with van der Waals surface area (Å²) in [7, 11) is 4.38. The second-order valence-electron chi connectivity index (χ2n) is 5.91. The van der Waals surface area contributed by atoms with Crippen molar-refractivity contribution in [2.75, 3.05) is 33.7 Å². The lowest BCUT2D eigenvalue weighted by Crippen LogP contribution is -2.41. The van der Waals surface area contributed by atoms with E-state index in [-0.39, 0.29) is 0 Å². The average Bonchev–Trinajstić information content (AvgIpc) is 2.87. The Labute approximate surface area is 122 Å². The van der Waals surface area contributed by atoms with Gasteiger partial charge in [-0.3, -0.25) is 4.90 Å². The van der Waals surface area contributed by atoms with Crippen molar-refractivity contribution in [1.29, 1.82) is 0 Å². The van der Waals surface area contributed by atoms with Crippen LogP contribution in [0.1, 0.15) is 37.6 Å². The Bertz CT molecular complexity index is 385. The minimum atomic E-state index is 0.665. The molecule has 1 aromatic heterocycles. The van der Waals surface area contributed by atoms with Gasteiger partial charge < -0.3 is 14.7 Å². The molecule has 2 heterocycles. The zero-order valence-electron chi connectivity index (χ0n) is 13.1. The fourth-order valence-electron chi connectivity index (χ4n) is 2.72. The molecule has 1 aromatic rings. The molecule has 20 heavy (non-hydrogen) atoms. The summed E-state index contributed by atoms with van der Waals surface area (Å²) in [4.78, 5) is 4.80. The third-order valence-electron chi connectivity index (χ3n) is 4.06. The van der Waals surface area contributed by atoms with Gasteiger partial charge in [0.1, 0.15) is 0 Å². The topological polar surface area (TPSA) is 44.5 Å². The highest BCUT2D eigenvalue weighted by Crippen LogP contribution is 2.17. The van der Waals surface area contributed by atoms with Gasteiger partial charge in [0, 0.05) is 18.7 Å². The summed E-state index contributed by atoms with van der Waals surface area (Å²) in [5.74, 6) is 0.972. The quantitative estimate of drug-likeness (QED) is 0.770. The van der Waals surface area contributed by atoms with Crippen LogP contribution >= 0.6 is 0 Å². The molecule has 5 heteroatoms. The van der Waals surface area contributed by atoms with Crippen molar-refractivity contribution in [3.05, 3.63) is 17.5 Å². The first-order valence-corrected chi connectivity index (χ1v) is 7.73. The largest absolute Gasteiger partial charge is 0.360 e. The van der Waals surface area contributed by atoms with E-state index in [0.717, 1.165) is 37.5 Å². The highest BCUT2D eigenvalue weighted by molar-refractivity contribution is 5.05. The van der Waals surface area contributed by atoms with E-state index in [1.807, 2.05) is 0 Å². The zero-order chi connectivity index (χ0) is 14.4. The highest BCUT2D eigenvalue weighted by Gasteiger charge is 2.21. The van der Waals surface area contributed by atoms with Gasteiger partial charge in [-0.25, -0.2) is 0 Å². The number of nitrogens with one attached hydrogen (secondary N) is 1. The second-order valence-corrected chi connectivity index (χ2v) is 5.91. The standard InChI is InChI=1S/C15H28N4O/c1-4-7-16-11-13-10-15(20-17-13)12-19(3)14-5-8-18(2)9-6-14/h10,14,16H,4-9,11-12H2,1-3H3. The van der Waals surface area contributed by atoms with Crippen LogP contribution in [0, 0.1) is 0 Å². The van der Waals surface area contributed by atoms with E-state index in [1.54, 1.807) is 0 Å². The van der Waals surface area contributed by atoms with E-state index in [1.165, 1.54) is 25.9 Å². The fraction of sp³-hybridized carbons (Fsp3) is 0.800. The first-order valence-electron chi connectivity index (χ1n) is 7.73. The molecule has 1 aliphatic heterocycles. The van der Waals surface area contributed by atoms with Crippen LogP contribution in [-0.4, -0.2) is 54.7 Å². The maximum atomic E-state index is 5.44. The number of hydrogen-bond acceptors (Lipinski definition) is 5. The fourth-order valence-corrected chi connectivity index (χ4v) is 2.72. The summed E-state index contributed by atoms with van der Waals surface area (Å²) in [5, 5.41) is 7.47. The molecule has 1 saturated heterocycles. The lowest BCUT2D eigenvalue weighted by Gasteiger charge is -2.34. The molecule has 0 aromatic carbocycles. The van der Waals surface area contributed by atoms with Crippen molar-refractivity contribution >= 4 is 0 Å². The van der Waals surface area contributed by atoms with Crippen LogP contribution in [0.15, 0.2) is 10.6 Å². The van der Waals surface area contributed by atoms with Gasteiger partial charge in [0.2, 0.25) is 0 Å². The monoisotopic (exact) mass is 280 g/mol. The summed E-state index contributed by atoms with van der Waals surface area (Å²) in [6, 6.07) is 2.74. The Hall–Kier alpha value is -0.910. The molecule has 0 radical (unpaired) electrons. The second kappa shape index (κ2) is 7.76. The third-order valence-corrected chi connectivity index (χ3v) is 4.06. The molecule has 1 aliphatic rings. The minimum absolute atomic E-state index is 0.665. The van der Waals surface area contributed by atoms with Crippen molar-refractivity contribution in [2.45, 2.75) is 45.3 Å². The number of nitrogens with zero attached hydrogens (tertiary/aromatic N) is 3. The number of aromatic nitrogens is 1. The Morgan fingerprint density at radius 3 is 2.90 bits per heavy atom. The van der Waals surface area contributed by atoms with Crippen molar-refractivity contribution in [3.8, 4) is 0 Å². The SMILES string of the molecule is CCCNCc1cc(CN(C)C2CCN(C)CC2)on1. The van der Waals surface area contributed by atoms with Crippen LogP contribution in [-0.2, 0) is 13.1 Å². The lowest BCUT2D eigenvalue weighted by atomic mass is 10.0. The molecule has 5 nitrogen and oxygen atoms in total. The van der Waals surface area contributed by atoms with Gasteiger partial charge in [0.15, 0.2) is 5.76 Å². The van der Waals surface area contributed by atoms with E-state index in [2.05, 4.69) is 47.4 Å². The van der Waals surface area contributed by atoms with Crippen LogP contribution < -0.4 is 5.32 Å². The van der Waals surface area contributed by atoms with Gasteiger partial charge in [0.25, 0.3) is 0 Å². The molecule has 114 valence electrons. The van der Waals surface area contributed by atoms with E-state index in [0.29, 0.717) is 6.04 Å². The van der Waals surface area contributed by atoms with Crippen molar-refractivity contribution in [2.24, 2.45) is 0 Å². The van der Waals surface area contributed by atoms with E-state index < -0.39 is 0 Å². The third kappa shape index (κ3) is 4.58. The number of hydrogen-bond donors (Lipinski definition) is 1. The molecule has 0 atom stereocenters. The number of piperidine rings is 1. The summed E-state index contributed by atoms with van der Waals surface area (Å²) in [5.41, 5.74) is 1.00. The van der Waals surface area contributed by atoms with Crippen LogP contribution in [0.4, 0.5) is 0 Å². The van der Waals surface area contributed by atoms with Gasteiger partial charge in [-0.05, 0) is 53.0 Å². The summed E-state index contributed by atoms with van der Waals surface area (Å²) < 4.78 is 5.44. The normalized spacial score (nSPS) is 18.0. The van der Waals surface area contributed by atoms with Gasteiger partial charge >= 0.3 is 0 Å². The Balaban J connectivity index is 1.77. The van der Waals surface area contributed by atoms with Gasteiger partial charge in [0.05, 0.1) is 12.2 Å². The molecule has 0 saturated carbocycles. The molecule has 0 aliphatic carbocycles. The average molecular weight is 280 g/mol. The van der Waals surface area contributed by atoms with Crippen LogP contribution in [0.2, 0.25) is 0 Å². The predicted octanol–water partition coefficient (Wildman–Crippen LogP) is 1.70. The van der Waals surface area contributed by atoms with Crippen LogP contribution in [0.5, 0.6) is 0 Å². The van der Waals surface area contributed by atoms with Crippen molar-refractivity contribution < 1.29 is 4.52 Å². The number of likely N-dealkylation sites (tertiary alicyclic amines) is 1. The molecular formula is C15H28N4O. The molecule has 0 unspecified atom stereocenters. The lowest BCUT2D eigenvalue weighted by molar-refractivity contribution is 0.130. The van der Waals surface area contributed by atoms with Crippen molar-refractivity contribution in [1.82, 2.24) is 20.3 Å². The van der Waals surface area contributed by atoms with Crippen LogP contribution in [0.25, 0.3) is 0 Å². The molecule has 0 spiro atoms. The summed E-state index contributed by atoms with van der Waals surface area (Å²) in [6.45, 7) is 7.23. The molecule has 0 amide bonds. The van der Waals surface area contributed by atoms with Gasteiger partial charge in [-0.1, -0.05) is 12.1 Å². The van der Waals surface area contributed by atoms with Crippen LogP contribution in [0.3, 0.4) is 0 Å². The van der Waals surface area contributed by atoms with E-state index in [9.17, 15) is 0 Å². The van der Waals surface area contributed by atoms with Crippen molar-refractivity contribution in [3.63, 3.8) is 0 Å². The highest BCUT2D eigenvalue weighted by atomic mass is 16.5. The summed E-state index contributed by atoms with van der Waals surface area (Å²) >= 11 is 0. The van der Waals surface area contributed by atoms with Gasteiger partial charge in [-0.2, -0.15) is 0 Å². The first-order chi connectivity index (χ1) is 9.69. The molecule has 1 N–H and O–H groups in total. The van der Waals surface area contributed by atoms with Gasteiger partial charge in [-0.15, -0.1) is 0 Å². The smallest absolute Gasteiger partial charge is 0.151 e. The maximum absolute atomic E-state index is 5.44. The minimum Gasteiger partial charge on any atom is -0.360 e. The Morgan fingerprint density at radius 1 is 1.45 bits per heavy atom. The molecule has 0 bridgehead atoms. The Morgan fingerprint density at radius 2 is 2.20 bits per heavy atom. The molecular weight excluding hydrogens is 252 g/mol. The van der Waals surface area contributed by atoms with E-state index >= 15 is 0 Å². The maximum Gasteiger partial charge on any atom is 0.151 e. The zero-order valence-corrected chi connectivity index (χ0v) is 13.1. The first kappa shape index (κ1) is 15.5. The molecule has 1 fully saturated rings.